The van der Waals surface area contributed by atoms with Crippen LogP contribution in [0.5, 0.6) is 0 Å². The number of nitrogens with zero attached hydrogens (tertiary/aromatic N) is 4. The number of carbonyl (C=O) groups is 2. The van der Waals surface area contributed by atoms with Crippen LogP contribution in [0.1, 0.15) is 156 Å². The van der Waals surface area contributed by atoms with Crippen molar-refractivity contribution in [2.75, 3.05) is 26.2 Å². The van der Waals surface area contributed by atoms with Crippen LogP contribution in [0.3, 0.4) is 0 Å². The van der Waals surface area contributed by atoms with E-state index in [2.05, 4.69) is 58.3 Å². The number of rotatable bonds is 14. The van der Waals surface area contributed by atoms with E-state index in [0.29, 0.717) is 37.3 Å². The fourth-order valence-electron chi connectivity index (χ4n) is 11.8. The Bertz CT molecular complexity index is 1340. The van der Waals surface area contributed by atoms with Crippen LogP contribution in [0.4, 0.5) is 9.59 Å². The average Bonchev–Trinajstić information content (AvgIpc) is 3.91. The number of primary amides is 2. The molecule has 8 nitrogen and oxygen atoms in total. The van der Waals surface area contributed by atoms with E-state index in [-0.39, 0.29) is 24.1 Å². The summed E-state index contributed by atoms with van der Waals surface area (Å²) in [7, 11) is 0. The standard InChI is InChI=1S/C43H62N6O2/c44-42(50)46(32-16-12-30(13-17-32)24-28-48-38-20-21-39(48)35-9-3-2-8-34(35)38)26-6-1-7-27-47(43(45)51)33-18-14-31(15-19-33)25-29-49-40-22-23-41(49)37-11-5-4-10-36(37)40/h2-5,8-11,30-33,38-41H,1,6-7,12-29H2,(H2,44,50)(H2,45,51)/t30?,31?,32?,33?,38-,39+,40-,41+. The van der Waals surface area contributed by atoms with Crippen LogP contribution in [0.2, 0.25) is 0 Å². The van der Waals surface area contributed by atoms with Crippen LogP contribution in [0.15, 0.2) is 48.5 Å². The summed E-state index contributed by atoms with van der Waals surface area (Å²) in [5, 5.41) is 0. The number of unbranched alkanes of at least 4 members (excludes halogenated alkanes) is 2. The molecule has 2 saturated carbocycles. The number of carbonyl (C=O) groups excluding carboxylic acids is 2. The van der Waals surface area contributed by atoms with Crippen LogP contribution < -0.4 is 11.5 Å². The van der Waals surface area contributed by atoms with E-state index in [4.69, 9.17) is 11.5 Å². The predicted molar refractivity (Wildman–Crippen MR) is 203 cm³/mol. The minimum absolute atomic E-state index is 0.263. The fourth-order valence-corrected chi connectivity index (χ4v) is 11.8. The van der Waals surface area contributed by atoms with Gasteiger partial charge < -0.3 is 21.3 Å². The van der Waals surface area contributed by atoms with E-state index in [0.717, 1.165) is 56.8 Å². The Kier molecular flexibility index (Phi) is 10.6. The zero-order valence-corrected chi connectivity index (χ0v) is 30.8. The first-order valence-electron chi connectivity index (χ1n) is 20.8. The van der Waals surface area contributed by atoms with Crippen LogP contribution in [-0.4, -0.2) is 69.9 Å². The molecule has 6 aliphatic rings. The summed E-state index contributed by atoms with van der Waals surface area (Å²) in [6, 6.07) is 20.6. The van der Waals surface area contributed by atoms with Crippen molar-refractivity contribution in [1.29, 1.82) is 0 Å². The van der Waals surface area contributed by atoms with E-state index in [9.17, 15) is 9.59 Å². The Hall–Kier alpha value is -3.10. The molecular weight excluding hydrogens is 633 g/mol. The SMILES string of the molecule is NC(=O)N(CCCCCN(C(N)=O)C1CCC(CCN2[C@@H]3CC[C@H]2c2ccccc23)CC1)C1CCC(CCN2[C@@H]3CC[C@H]2c2ccccc23)CC1. The van der Waals surface area contributed by atoms with Crippen LogP contribution in [0, 0.1) is 11.8 Å². The van der Waals surface area contributed by atoms with Crippen molar-refractivity contribution in [3.63, 3.8) is 0 Å². The number of fused-ring (bicyclic) bond motifs is 10. The summed E-state index contributed by atoms with van der Waals surface area (Å²) in [6.07, 6.45) is 19.6. The maximum absolute atomic E-state index is 12.5. The van der Waals surface area contributed by atoms with Crippen molar-refractivity contribution in [1.82, 2.24) is 19.6 Å². The Labute approximate surface area is 306 Å². The van der Waals surface area contributed by atoms with Gasteiger partial charge in [-0.3, -0.25) is 9.80 Å². The predicted octanol–water partition coefficient (Wildman–Crippen LogP) is 8.60. The van der Waals surface area contributed by atoms with E-state index in [1.165, 1.54) is 77.3 Å². The fraction of sp³-hybridized carbons (Fsp3) is 0.674. The summed E-state index contributed by atoms with van der Waals surface area (Å²) >= 11 is 0. The van der Waals surface area contributed by atoms with Crippen molar-refractivity contribution in [2.45, 2.75) is 145 Å². The van der Waals surface area contributed by atoms with Crippen molar-refractivity contribution in [3.05, 3.63) is 70.8 Å². The van der Waals surface area contributed by atoms with Gasteiger partial charge in [0.25, 0.3) is 0 Å². The highest BCUT2D eigenvalue weighted by atomic mass is 16.2. The molecule has 4 heterocycles. The second-order valence-electron chi connectivity index (χ2n) is 17.0. The first kappa shape index (κ1) is 35.0. The largest absolute Gasteiger partial charge is 0.351 e. The highest BCUT2D eigenvalue weighted by Gasteiger charge is 2.44. The Morgan fingerprint density at radius 3 is 1.16 bits per heavy atom. The molecule has 276 valence electrons. The van der Waals surface area contributed by atoms with E-state index in [1.54, 1.807) is 22.3 Å². The first-order chi connectivity index (χ1) is 25.0. The molecule has 8 rings (SSSR count). The van der Waals surface area contributed by atoms with Gasteiger partial charge in [0.05, 0.1) is 0 Å². The number of hydrogen-bond donors (Lipinski definition) is 2. The Balaban J connectivity index is 0.719. The number of amides is 4. The molecule has 51 heavy (non-hydrogen) atoms. The molecule has 0 spiro atoms. The third kappa shape index (κ3) is 7.16. The lowest BCUT2D eigenvalue weighted by molar-refractivity contribution is 0.133. The molecular formula is C43H62N6O2. The van der Waals surface area contributed by atoms with Gasteiger partial charge >= 0.3 is 12.1 Å². The van der Waals surface area contributed by atoms with Gasteiger partial charge in [-0.25, -0.2) is 9.59 Å². The monoisotopic (exact) mass is 694 g/mol. The third-order valence-corrected chi connectivity index (χ3v) is 14.4. The maximum atomic E-state index is 12.5. The average molecular weight is 695 g/mol. The molecule has 2 aromatic carbocycles. The molecule has 4 N–H and O–H groups in total. The van der Waals surface area contributed by atoms with Gasteiger partial charge in [0.15, 0.2) is 0 Å². The number of urea groups is 2. The van der Waals surface area contributed by atoms with E-state index < -0.39 is 0 Å². The summed E-state index contributed by atoms with van der Waals surface area (Å²) in [5.74, 6) is 1.49. The van der Waals surface area contributed by atoms with Crippen molar-refractivity contribution < 1.29 is 9.59 Å². The Morgan fingerprint density at radius 2 is 0.843 bits per heavy atom. The van der Waals surface area contributed by atoms with Gasteiger partial charge in [-0.05, 0) is 156 Å². The van der Waals surface area contributed by atoms with Crippen molar-refractivity contribution in [3.8, 4) is 0 Å². The second-order valence-corrected chi connectivity index (χ2v) is 17.0. The normalized spacial score (nSPS) is 31.1. The third-order valence-electron chi connectivity index (χ3n) is 14.4. The van der Waals surface area contributed by atoms with Gasteiger partial charge in [-0.2, -0.15) is 0 Å². The molecule has 0 radical (unpaired) electrons. The van der Waals surface area contributed by atoms with Gasteiger partial charge in [0.1, 0.15) is 0 Å². The van der Waals surface area contributed by atoms with Gasteiger partial charge in [-0.1, -0.05) is 48.5 Å². The maximum Gasteiger partial charge on any atom is 0.315 e. The van der Waals surface area contributed by atoms with Crippen molar-refractivity contribution >= 4 is 12.1 Å². The summed E-state index contributed by atoms with van der Waals surface area (Å²) in [6.45, 7) is 3.81. The molecule has 4 aliphatic heterocycles. The number of nitrogens with two attached hydrogens (primary N) is 2. The molecule has 0 unspecified atom stereocenters. The van der Waals surface area contributed by atoms with Crippen LogP contribution >= 0.6 is 0 Å². The summed E-state index contributed by atoms with van der Waals surface area (Å²) < 4.78 is 0. The summed E-state index contributed by atoms with van der Waals surface area (Å²) in [4.78, 5) is 34.5. The van der Waals surface area contributed by atoms with Gasteiger partial charge in [0, 0.05) is 49.3 Å². The molecule has 0 aromatic heterocycles. The second kappa shape index (κ2) is 15.5. The minimum Gasteiger partial charge on any atom is -0.351 e. The molecule has 4 atom stereocenters. The van der Waals surface area contributed by atoms with Gasteiger partial charge in [-0.15, -0.1) is 0 Å². The molecule has 2 aromatic rings. The lowest BCUT2D eigenvalue weighted by atomic mass is 9.83. The minimum atomic E-state index is -0.276. The topological polar surface area (TPSA) is 99.1 Å². The van der Waals surface area contributed by atoms with Gasteiger partial charge in [0.2, 0.25) is 0 Å². The quantitative estimate of drug-likeness (QED) is 0.194. The lowest BCUT2D eigenvalue weighted by Gasteiger charge is -2.37. The number of hydrogen-bond acceptors (Lipinski definition) is 4. The van der Waals surface area contributed by atoms with E-state index in [1.807, 2.05) is 9.80 Å². The summed E-state index contributed by atoms with van der Waals surface area (Å²) in [5.41, 5.74) is 18.2. The zero-order valence-electron chi connectivity index (χ0n) is 30.8. The lowest BCUT2D eigenvalue weighted by Crippen LogP contribution is -2.46. The van der Waals surface area contributed by atoms with Crippen LogP contribution in [-0.2, 0) is 0 Å². The molecule has 8 heteroatoms. The van der Waals surface area contributed by atoms with Crippen molar-refractivity contribution in [2.24, 2.45) is 23.3 Å². The molecule has 4 bridgehead atoms. The first-order valence-corrected chi connectivity index (χ1v) is 20.8. The highest BCUT2D eigenvalue weighted by molar-refractivity contribution is 5.72. The Morgan fingerprint density at radius 1 is 0.510 bits per heavy atom. The number of benzene rings is 2. The zero-order chi connectivity index (χ0) is 34.9. The smallest absolute Gasteiger partial charge is 0.315 e. The highest BCUT2D eigenvalue weighted by Crippen LogP contribution is 2.54. The van der Waals surface area contributed by atoms with Crippen LogP contribution in [0.25, 0.3) is 0 Å². The molecule has 2 saturated heterocycles. The molecule has 4 fully saturated rings. The molecule has 2 aliphatic carbocycles. The molecule has 4 amide bonds. The van der Waals surface area contributed by atoms with E-state index >= 15 is 0 Å².